The van der Waals surface area contributed by atoms with Gasteiger partial charge >= 0.3 is 0 Å². The van der Waals surface area contributed by atoms with Gasteiger partial charge in [-0.3, -0.25) is 0 Å². The Morgan fingerprint density at radius 2 is 1.12 bits per heavy atom. The monoisotopic (exact) mass is 374 g/mol. The van der Waals surface area contributed by atoms with Crippen LogP contribution in [-0.4, -0.2) is 48.8 Å². The molecule has 26 heavy (non-hydrogen) atoms. The van der Waals surface area contributed by atoms with Gasteiger partial charge in [0.1, 0.15) is 12.2 Å². The fourth-order valence-corrected chi connectivity index (χ4v) is 3.04. The van der Waals surface area contributed by atoms with Gasteiger partial charge in [0.2, 0.25) is 0 Å². The summed E-state index contributed by atoms with van der Waals surface area (Å²) in [6.07, 6.45) is 16.3. The number of unbranched alkanes of at least 4 members (excludes halogenated alkanes) is 12. The average Bonchev–Trinajstić information content (AvgIpc) is 2.66. The maximum Gasteiger partial charge on any atom is 0.109 e. The number of aliphatic hydroxyl groups excluding tert-OH is 2. The minimum atomic E-state index is -0.853. The highest BCUT2D eigenvalue weighted by atomic mass is 16.5. The van der Waals surface area contributed by atoms with Crippen LogP contribution in [0.2, 0.25) is 0 Å². The number of rotatable bonds is 21. The van der Waals surface area contributed by atoms with Crippen molar-refractivity contribution in [2.75, 3.05) is 26.4 Å². The summed E-state index contributed by atoms with van der Waals surface area (Å²) in [4.78, 5) is 0. The Morgan fingerprint density at radius 1 is 0.654 bits per heavy atom. The largest absolute Gasteiger partial charge is 0.394 e. The van der Waals surface area contributed by atoms with Gasteiger partial charge in [0.05, 0.1) is 13.2 Å². The molecule has 2 N–H and O–H groups in total. The van der Waals surface area contributed by atoms with Crippen molar-refractivity contribution >= 4 is 0 Å². The van der Waals surface area contributed by atoms with E-state index in [0.29, 0.717) is 19.8 Å². The molecule has 0 saturated carbocycles. The van der Waals surface area contributed by atoms with Crippen molar-refractivity contribution in [2.24, 2.45) is 0 Å². The molecule has 0 aliphatic rings. The predicted molar refractivity (Wildman–Crippen MR) is 110 cm³/mol. The van der Waals surface area contributed by atoms with Crippen molar-refractivity contribution in [1.29, 1.82) is 0 Å². The Hall–Kier alpha value is -0.160. The fourth-order valence-electron chi connectivity index (χ4n) is 3.04. The first kappa shape index (κ1) is 25.8. The molecular weight excluding hydrogens is 328 g/mol. The highest BCUT2D eigenvalue weighted by Crippen LogP contribution is 2.10. The van der Waals surface area contributed by atoms with Gasteiger partial charge < -0.3 is 19.7 Å². The van der Waals surface area contributed by atoms with Crippen LogP contribution < -0.4 is 0 Å². The van der Waals surface area contributed by atoms with Crippen LogP contribution in [0.25, 0.3) is 0 Å². The lowest BCUT2D eigenvalue weighted by Gasteiger charge is -2.22. The molecule has 158 valence electrons. The topological polar surface area (TPSA) is 58.9 Å². The summed E-state index contributed by atoms with van der Waals surface area (Å²) in [7, 11) is 0. The third-order valence-electron chi connectivity index (χ3n) is 4.87. The molecule has 0 radical (unpaired) electrons. The Balaban J connectivity index is 3.61. The van der Waals surface area contributed by atoms with E-state index in [1.807, 2.05) is 0 Å². The number of aliphatic hydroxyl groups is 2. The van der Waals surface area contributed by atoms with Crippen LogP contribution in [0.5, 0.6) is 0 Å². The van der Waals surface area contributed by atoms with Gasteiger partial charge in [-0.2, -0.15) is 0 Å². The van der Waals surface area contributed by atoms with E-state index in [4.69, 9.17) is 9.47 Å². The van der Waals surface area contributed by atoms with E-state index >= 15 is 0 Å². The van der Waals surface area contributed by atoms with Gasteiger partial charge in [0, 0.05) is 13.2 Å². The van der Waals surface area contributed by atoms with Crippen molar-refractivity contribution < 1.29 is 19.7 Å². The molecular formula is C22H46O4. The molecule has 0 heterocycles. The molecule has 4 heteroatoms. The highest BCUT2D eigenvalue weighted by molar-refractivity contribution is 4.67. The molecule has 0 spiro atoms. The molecule has 0 aliphatic heterocycles. The second kappa shape index (κ2) is 21.1. The number of ether oxygens (including phenoxy) is 2. The molecule has 2 atom stereocenters. The van der Waals surface area contributed by atoms with Gasteiger partial charge in [-0.1, -0.05) is 90.9 Å². The summed E-state index contributed by atoms with van der Waals surface area (Å²) >= 11 is 0. The van der Waals surface area contributed by atoms with Crippen LogP contribution in [0.1, 0.15) is 104 Å². The van der Waals surface area contributed by atoms with Crippen LogP contribution in [-0.2, 0) is 9.47 Å². The molecule has 0 aromatic carbocycles. The second-order valence-corrected chi connectivity index (χ2v) is 7.48. The zero-order valence-electron chi connectivity index (χ0n) is 17.6. The van der Waals surface area contributed by atoms with Crippen LogP contribution in [0.3, 0.4) is 0 Å². The number of hydrogen-bond acceptors (Lipinski definition) is 4. The maximum absolute atomic E-state index is 9.89. The summed E-state index contributed by atoms with van der Waals surface area (Å²) < 4.78 is 11.4. The van der Waals surface area contributed by atoms with Crippen molar-refractivity contribution in [3.63, 3.8) is 0 Å². The maximum atomic E-state index is 9.89. The lowest BCUT2D eigenvalue weighted by Crippen LogP contribution is -2.36. The third kappa shape index (κ3) is 17.3. The van der Waals surface area contributed by atoms with Crippen LogP contribution in [0, 0.1) is 0 Å². The lowest BCUT2D eigenvalue weighted by molar-refractivity contribution is -0.0940. The first-order valence-electron chi connectivity index (χ1n) is 11.2. The molecule has 0 bridgehead atoms. The molecule has 0 amide bonds. The van der Waals surface area contributed by atoms with E-state index < -0.39 is 12.2 Å². The van der Waals surface area contributed by atoms with E-state index in [9.17, 15) is 10.2 Å². The quantitative estimate of drug-likeness (QED) is 0.270. The minimum Gasteiger partial charge on any atom is -0.394 e. The first-order valence-corrected chi connectivity index (χ1v) is 11.2. The van der Waals surface area contributed by atoms with E-state index in [2.05, 4.69) is 13.8 Å². The van der Waals surface area contributed by atoms with E-state index in [0.717, 1.165) is 12.8 Å². The summed E-state index contributed by atoms with van der Waals surface area (Å²) in [5.41, 5.74) is 0. The molecule has 0 fully saturated rings. The molecule has 0 unspecified atom stereocenters. The number of hydrogen-bond donors (Lipinski definition) is 2. The molecule has 0 saturated heterocycles. The van der Waals surface area contributed by atoms with Crippen molar-refractivity contribution in [2.45, 2.75) is 116 Å². The van der Waals surface area contributed by atoms with E-state index in [-0.39, 0.29) is 6.61 Å². The van der Waals surface area contributed by atoms with Crippen molar-refractivity contribution in [1.82, 2.24) is 0 Å². The van der Waals surface area contributed by atoms with Crippen LogP contribution >= 0.6 is 0 Å². The zero-order chi connectivity index (χ0) is 19.3. The van der Waals surface area contributed by atoms with Gasteiger partial charge in [0.25, 0.3) is 0 Å². The molecule has 0 aromatic rings. The van der Waals surface area contributed by atoms with Crippen molar-refractivity contribution in [3.05, 3.63) is 0 Å². The standard InChI is InChI=1S/C22H46O4/c1-3-5-7-9-11-13-15-17-25-20-22(21(24)19-23)26-18-16-14-12-10-8-6-4-2/h21-24H,3-20H2,1-2H3/t21-,22+/m0/s1. The van der Waals surface area contributed by atoms with Crippen LogP contribution in [0.4, 0.5) is 0 Å². The SMILES string of the molecule is CCCCCCCCCOC[C@@H](OCCCCCCCCC)[C@@H](O)CO. The molecule has 0 rings (SSSR count). The second-order valence-electron chi connectivity index (χ2n) is 7.48. The zero-order valence-corrected chi connectivity index (χ0v) is 17.6. The Labute approximate surface area is 162 Å². The highest BCUT2D eigenvalue weighted by Gasteiger charge is 2.19. The predicted octanol–water partition coefficient (Wildman–Crippen LogP) is 5.24. The molecule has 4 nitrogen and oxygen atoms in total. The summed E-state index contributed by atoms with van der Waals surface area (Å²) in [5.74, 6) is 0. The van der Waals surface area contributed by atoms with Crippen LogP contribution in [0.15, 0.2) is 0 Å². The normalized spacial score (nSPS) is 13.8. The Kier molecular flexibility index (Phi) is 21.0. The van der Waals surface area contributed by atoms with Gasteiger partial charge in [-0.05, 0) is 12.8 Å². The third-order valence-corrected chi connectivity index (χ3v) is 4.87. The lowest BCUT2D eigenvalue weighted by atomic mass is 10.1. The summed E-state index contributed by atoms with van der Waals surface area (Å²) in [5, 5.41) is 19.1. The van der Waals surface area contributed by atoms with E-state index in [1.165, 1.54) is 77.0 Å². The minimum absolute atomic E-state index is 0.275. The summed E-state index contributed by atoms with van der Waals surface area (Å²) in [6.45, 7) is 5.91. The smallest absolute Gasteiger partial charge is 0.109 e. The Morgan fingerprint density at radius 3 is 1.62 bits per heavy atom. The van der Waals surface area contributed by atoms with E-state index in [1.54, 1.807) is 0 Å². The van der Waals surface area contributed by atoms with Crippen molar-refractivity contribution in [3.8, 4) is 0 Å². The van der Waals surface area contributed by atoms with Gasteiger partial charge in [-0.15, -0.1) is 0 Å². The first-order chi connectivity index (χ1) is 12.8. The molecule has 0 aromatic heterocycles. The fraction of sp³-hybridized carbons (Fsp3) is 1.00. The van der Waals surface area contributed by atoms with Gasteiger partial charge in [-0.25, -0.2) is 0 Å². The van der Waals surface area contributed by atoms with Gasteiger partial charge in [0.15, 0.2) is 0 Å². The average molecular weight is 375 g/mol. The molecule has 0 aliphatic carbocycles. The Bertz CT molecular complexity index is 261. The summed E-state index contributed by atoms with van der Waals surface area (Å²) in [6, 6.07) is 0.